The van der Waals surface area contributed by atoms with E-state index in [1.807, 2.05) is 18.2 Å². The number of halogens is 2. The third-order valence-electron chi connectivity index (χ3n) is 4.15. The molecule has 0 radical (unpaired) electrons. The lowest BCUT2D eigenvalue weighted by atomic mass is 9.93. The van der Waals surface area contributed by atoms with Crippen molar-refractivity contribution in [2.24, 2.45) is 11.8 Å². The topological polar surface area (TPSA) is 20.2 Å². The largest absolute Gasteiger partial charge is 0.392 e. The molecule has 1 N–H and O–H groups in total. The molecule has 0 bridgehead atoms. The predicted molar refractivity (Wildman–Crippen MR) is 80.0 cm³/mol. The highest BCUT2D eigenvalue weighted by atomic mass is 79.9. The zero-order valence-corrected chi connectivity index (χ0v) is 13.0. The molecule has 0 saturated heterocycles. The van der Waals surface area contributed by atoms with Gasteiger partial charge in [0.25, 0.3) is 0 Å². The van der Waals surface area contributed by atoms with E-state index in [4.69, 9.17) is 11.6 Å². The summed E-state index contributed by atoms with van der Waals surface area (Å²) >= 11 is 9.59. The average Bonchev–Trinajstić information content (AvgIpc) is 2.81. The molecule has 100 valence electrons. The van der Waals surface area contributed by atoms with Crippen LogP contribution in [-0.4, -0.2) is 11.2 Å². The SMILES string of the molecule is CCC1CCC(C(O)Cc2ccc(Br)cc2Cl)C1. The lowest BCUT2D eigenvalue weighted by Crippen LogP contribution is -2.21. The molecule has 3 atom stereocenters. The molecule has 1 aliphatic carbocycles. The first-order valence-electron chi connectivity index (χ1n) is 6.72. The fourth-order valence-electron chi connectivity index (χ4n) is 2.91. The molecule has 1 aromatic rings. The van der Waals surface area contributed by atoms with Gasteiger partial charge in [-0.05, 0) is 42.4 Å². The Balaban J connectivity index is 1.97. The van der Waals surface area contributed by atoms with Gasteiger partial charge in [0.2, 0.25) is 0 Å². The van der Waals surface area contributed by atoms with Crippen LogP contribution in [-0.2, 0) is 6.42 Å². The summed E-state index contributed by atoms with van der Waals surface area (Å²) < 4.78 is 0.984. The van der Waals surface area contributed by atoms with E-state index < -0.39 is 0 Å². The fourth-order valence-corrected chi connectivity index (χ4v) is 3.66. The molecule has 1 aromatic carbocycles. The highest BCUT2D eigenvalue weighted by Gasteiger charge is 2.29. The van der Waals surface area contributed by atoms with Crippen molar-refractivity contribution in [1.29, 1.82) is 0 Å². The highest BCUT2D eigenvalue weighted by Crippen LogP contribution is 2.36. The van der Waals surface area contributed by atoms with Gasteiger partial charge in [-0.2, -0.15) is 0 Å². The zero-order chi connectivity index (χ0) is 13.1. The Morgan fingerprint density at radius 2 is 2.22 bits per heavy atom. The molecule has 1 fully saturated rings. The third-order valence-corrected chi connectivity index (χ3v) is 4.99. The van der Waals surface area contributed by atoms with Gasteiger partial charge in [-0.15, -0.1) is 0 Å². The van der Waals surface area contributed by atoms with Gasteiger partial charge in [-0.3, -0.25) is 0 Å². The number of aliphatic hydroxyl groups excluding tert-OH is 1. The van der Waals surface area contributed by atoms with E-state index in [2.05, 4.69) is 22.9 Å². The normalized spacial score (nSPS) is 25.3. The summed E-state index contributed by atoms with van der Waals surface area (Å²) in [7, 11) is 0. The Hall–Kier alpha value is -0.0500. The summed E-state index contributed by atoms with van der Waals surface area (Å²) in [6.45, 7) is 2.24. The molecule has 18 heavy (non-hydrogen) atoms. The molecule has 1 nitrogen and oxygen atoms in total. The minimum Gasteiger partial charge on any atom is -0.392 e. The second-order valence-corrected chi connectivity index (χ2v) is 6.68. The van der Waals surface area contributed by atoms with E-state index in [0.717, 1.165) is 27.4 Å². The first-order valence-corrected chi connectivity index (χ1v) is 7.89. The predicted octanol–water partition coefficient (Wildman–Crippen LogP) is 4.83. The van der Waals surface area contributed by atoms with Crippen LogP contribution in [0.2, 0.25) is 5.02 Å². The van der Waals surface area contributed by atoms with Crippen molar-refractivity contribution >= 4 is 27.5 Å². The van der Waals surface area contributed by atoms with E-state index in [-0.39, 0.29) is 6.10 Å². The van der Waals surface area contributed by atoms with E-state index in [1.165, 1.54) is 19.3 Å². The summed E-state index contributed by atoms with van der Waals surface area (Å²) in [6, 6.07) is 5.88. The molecule has 1 saturated carbocycles. The number of rotatable bonds is 4. The Bertz CT molecular complexity index is 407. The Kier molecular flexibility index (Phi) is 5.11. The van der Waals surface area contributed by atoms with Crippen molar-refractivity contribution in [2.45, 2.75) is 45.1 Å². The maximum atomic E-state index is 10.3. The van der Waals surface area contributed by atoms with Crippen LogP contribution in [0, 0.1) is 11.8 Å². The molecule has 0 heterocycles. The molecule has 0 spiro atoms. The van der Waals surface area contributed by atoms with Crippen molar-refractivity contribution in [1.82, 2.24) is 0 Å². The van der Waals surface area contributed by atoms with Gasteiger partial charge in [-0.1, -0.05) is 53.4 Å². The first kappa shape index (κ1) is 14.4. The van der Waals surface area contributed by atoms with Crippen LogP contribution in [0.5, 0.6) is 0 Å². The molecular formula is C15H20BrClO. The Morgan fingerprint density at radius 3 is 2.83 bits per heavy atom. The molecule has 0 aromatic heterocycles. The maximum Gasteiger partial charge on any atom is 0.0609 e. The number of hydrogen-bond donors (Lipinski definition) is 1. The van der Waals surface area contributed by atoms with Crippen molar-refractivity contribution in [3.63, 3.8) is 0 Å². The Labute approximate surface area is 123 Å². The van der Waals surface area contributed by atoms with Gasteiger partial charge in [0.05, 0.1) is 6.10 Å². The summed E-state index contributed by atoms with van der Waals surface area (Å²) in [4.78, 5) is 0. The van der Waals surface area contributed by atoms with Crippen LogP contribution < -0.4 is 0 Å². The van der Waals surface area contributed by atoms with Gasteiger partial charge in [0.1, 0.15) is 0 Å². The molecule has 0 aliphatic heterocycles. The third kappa shape index (κ3) is 3.49. The minimum atomic E-state index is -0.250. The number of hydrogen-bond acceptors (Lipinski definition) is 1. The van der Waals surface area contributed by atoms with Crippen LogP contribution >= 0.6 is 27.5 Å². The molecule has 3 unspecified atom stereocenters. The smallest absolute Gasteiger partial charge is 0.0609 e. The summed E-state index contributed by atoms with van der Waals surface area (Å²) in [6.07, 6.45) is 5.27. The summed E-state index contributed by atoms with van der Waals surface area (Å²) in [5.41, 5.74) is 1.05. The van der Waals surface area contributed by atoms with Crippen LogP contribution in [0.15, 0.2) is 22.7 Å². The first-order chi connectivity index (χ1) is 8.60. The number of aliphatic hydroxyl groups is 1. The molecule has 3 heteroatoms. The van der Waals surface area contributed by atoms with Gasteiger partial charge in [0.15, 0.2) is 0 Å². The highest BCUT2D eigenvalue weighted by molar-refractivity contribution is 9.10. The molecular weight excluding hydrogens is 312 g/mol. The second-order valence-electron chi connectivity index (χ2n) is 5.35. The van der Waals surface area contributed by atoms with Crippen LogP contribution in [0.4, 0.5) is 0 Å². The average molecular weight is 332 g/mol. The van der Waals surface area contributed by atoms with Crippen molar-refractivity contribution < 1.29 is 5.11 Å². The van der Waals surface area contributed by atoms with E-state index >= 15 is 0 Å². The maximum absolute atomic E-state index is 10.3. The van der Waals surface area contributed by atoms with E-state index in [1.54, 1.807) is 0 Å². The number of benzene rings is 1. The lowest BCUT2D eigenvalue weighted by molar-refractivity contribution is 0.108. The fraction of sp³-hybridized carbons (Fsp3) is 0.600. The van der Waals surface area contributed by atoms with E-state index in [9.17, 15) is 5.11 Å². The van der Waals surface area contributed by atoms with Crippen molar-refractivity contribution in [3.8, 4) is 0 Å². The van der Waals surface area contributed by atoms with Crippen LogP contribution in [0.1, 0.15) is 38.2 Å². The molecule has 1 aliphatic rings. The van der Waals surface area contributed by atoms with Gasteiger partial charge in [0, 0.05) is 15.9 Å². The standard InChI is InChI=1S/C15H20BrClO/c1-2-10-3-4-12(7-10)15(18)8-11-5-6-13(16)9-14(11)17/h5-6,9-10,12,15,18H,2-4,7-8H2,1H3. The quantitative estimate of drug-likeness (QED) is 0.837. The minimum absolute atomic E-state index is 0.250. The summed E-state index contributed by atoms with van der Waals surface area (Å²) in [5.74, 6) is 1.26. The lowest BCUT2D eigenvalue weighted by Gasteiger charge is -2.19. The molecule has 0 amide bonds. The van der Waals surface area contributed by atoms with Gasteiger partial charge < -0.3 is 5.11 Å². The Morgan fingerprint density at radius 1 is 1.44 bits per heavy atom. The van der Waals surface area contributed by atoms with Gasteiger partial charge in [-0.25, -0.2) is 0 Å². The zero-order valence-electron chi connectivity index (χ0n) is 10.7. The van der Waals surface area contributed by atoms with Crippen molar-refractivity contribution in [2.75, 3.05) is 0 Å². The molecule has 2 rings (SSSR count). The van der Waals surface area contributed by atoms with Crippen LogP contribution in [0.25, 0.3) is 0 Å². The van der Waals surface area contributed by atoms with Crippen LogP contribution in [0.3, 0.4) is 0 Å². The van der Waals surface area contributed by atoms with E-state index in [0.29, 0.717) is 12.3 Å². The second kappa shape index (κ2) is 6.40. The van der Waals surface area contributed by atoms with Crippen molar-refractivity contribution in [3.05, 3.63) is 33.3 Å². The van der Waals surface area contributed by atoms with Gasteiger partial charge >= 0.3 is 0 Å². The monoisotopic (exact) mass is 330 g/mol. The summed E-state index contributed by atoms with van der Waals surface area (Å²) in [5, 5.41) is 11.1.